The lowest BCUT2D eigenvalue weighted by molar-refractivity contribution is -0.146. The molecule has 7 nitrogen and oxygen atoms in total. The van der Waals surface area contributed by atoms with Crippen LogP contribution in [0.2, 0.25) is 0 Å². The molecule has 116 valence electrons. The number of imidazole rings is 1. The molecule has 2 aromatic rings. The third kappa shape index (κ3) is 2.24. The molecule has 0 aliphatic carbocycles. The molecule has 2 rings (SSSR count). The van der Waals surface area contributed by atoms with Gasteiger partial charge in [0.15, 0.2) is 11.2 Å². The van der Waals surface area contributed by atoms with Gasteiger partial charge in [0, 0.05) is 26.7 Å². The van der Waals surface area contributed by atoms with Crippen LogP contribution in [0.5, 0.6) is 0 Å². The van der Waals surface area contributed by atoms with Crippen molar-refractivity contribution in [2.75, 3.05) is 6.54 Å². The van der Waals surface area contributed by atoms with Crippen LogP contribution in [0, 0.1) is 0 Å². The first-order chi connectivity index (χ1) is 9.73. The number of rotatable bonds is 3. The van der Waals surface area contributed by atoms with Crippen molar-refractivity contribution in [1.29, 1.82) is 0 Å². The van der Waals surface area contributed by atoms with Gasteiger partial charge in [0.25, 0.3) is 5.56 Å². The molecule has 0 unspecified atom stereocenters. The van der Waals surface area contributed by atoms with Crippen LogP contribution in [0.1, 0.15) is 12.7 Å². The van der Waals surface area contributed by atoms with E-state index in [4.69, 9.17) is 5.73 Å². The smallest absolute Gasteiger partial charge is 0.329 e. The van der Waals surface area contributed by atoms with Crippen molar-refractivity contribution in [3.05, 3.63) is 26.7 Å². The highest BCUT2D eigenvalue weighted by molar-refractivity contribution is 5.71. The number of nitrogens with two attached hydrogens (primary N) is 1. The predicted octanol–water partition coefficient (Wildman–Crippen LogP) is -0.106. The summed E-state index contributed by atoms with van der Waals surface area (Å²) in [5, 5.41) is 0. The zero-order valence-electron chi connectivity index (χ0n) is 11.4. The Kier molecular flexibility index (Phi) is 3.66. The Bertz CT molecular complexity index is 799. The van der Waals surface area contributed by atoms with Crippen molar-refractivity contribution in [2.45, 2.75) is 26.2 Å². The molecule has 0 fully saturated rings. The predicted molar refractivity (Wildman–Crippen MR) is 69.0 cm³/mol. The molecule has 0 saturated heterocycles. The average molecular weight is 305 g/mol. The SMILES string of the molecule is CCn1c(C(F)(F)F)nc2c1c(=O)n(CCN)c(=O)n2C. The molecule has 0 saturated carbocycles. The van der Waals surface area contributed by atoms with Gasteiger partial charge in [0.1, 0.15) is 0 Å². The van der Waals surface area contributed by atoms with Gasteiger partial charge in [-0.1, -0.05) is 0 Å². The summed E-state index contributed by atoms with van der Waals surface area (Å²) in [7, 11) is 1.27. The summed E-state index contributed by atoms with van der Waals surface area (Å²) < 4.78 is 41.5. The molecule has 0 bridgehead atoms. The Morgan fingerprint density at radius 2 is 1.86 bits per heavy atom. The van der Waals surface area contributed by atoms with E-state index in [1.165, 1.54) is 14.0 Å². The minimum atomic E-state index is -4.71. The largest absolute Gasteiger partial charge is 0.449 e. The highest BCUT2D eigenvalue weighted by atomic mass is 19.4. The maximum Gasteiger partial charge on any atom is 0.449 e. The van der Waals surface area contributed by atoms with Crippen LogP contribution in [-0.2, 0) is 26.3 Å². The van der Waals surface area contributed by atoms with Gasteiger partial charge in [-0.15, -0.1) is 0 Å². The summed E-state index contributed by atoms with van der Waals surface area (Å²) in [4.78, 5) is 27.7. The van der Waals surface area contributed by atoms with Crippen LogP contribution in [-0.4, -0.2) is 25.2 Å². The van der Waals surface area contributed by atoms with Crippen molar-refractivity contribution in [1.82, 2.24) is 18.7 Å². The lowest BCUT2D eigenvalue weighted by Crippen LogP contribution is -2.41. The number of aryl methyl sites for hydroxylation is 2. The number of nitrogens with zero attached hydrogens (tertiary/aromatic N) is 4. The van der Waals surface area contributed by atoms with Gasteiger partial charge in [-0.05, 0) is 6.92 Å². The molecule has 0 aliphatic heterocycles. The van der Waals surface area contributed by atoms with Crippen LogP contribution < -0.4 is 17.0 Å². The van der Waals surface area contributed by atoms with E-state index < -0.39 is 23.2 Å². The molecule has 0 amide bonds. The second kappa shape index (κ2) is 5.02. The Morgan fingerprint density at radius 3 is 2.33 bits per heavy atom. The lowest BCUT2D eigenvalue weighted by atomic mass is 10.4. The fraction of sp³-hybridized carbons (Fsp3) is 0.545. The minimum Gasteiger partial charge on any atom is -0.329 e. The summed E-state index contributed by atoms with van der Waals surface area (Å²) in [6.45, 7) is 1.32. The Morgan fingerprint density at radius 1 is 1.24 bits per heavy atom. The van der Waals surface area contributed by atoms with E-state index in [0.717, 1.165) is 13.7 Å². The molecule has 2 N–H and O–H groups in total. The summed E-state index contributed by atoms with van der Waals surface area (Å²) in [6.07, 6.45) is -4.71. The third-order valence-corrected chi connectivity index (χ3v) is 3.15. The second-order valence-electron chi connectivity index (χ2n) is 4.44. The first-order valence-corrected chi connectivity index (χ1v) is 6.21. The molecule has 0 spiro atoms. The molecule has 21 heavy (non-hydrogen) atoms. The highest BCUT2D eigenvalue weighted by Crippen LogP contribution is 2.30. The molecule has 0 aromatic carbocycles. The van der Waals surface area contributed by atoms with Gasteiger partial charge in [0.2, 0.25) is 5.82 Å². The van der Waals surface area contributed by atoms with E-state index in [1.807, 2.05) is 0 Å². The van der Waals surface area contributed by atoms with E-state index in [9.17, 15) is 22.8 Å². The molecular formula is C11H14F3N5O2. The topological polar surface area (TPSA) is 87.8 Å². The van der Waals surface area contributed by atoms with E-state index >= 15 is 0 Å². The van der Waals surface area contributed by atoms with Gasteiger partial charge in [-0.25, -0.2) is 9.78 Å². The number of halogens is 3. The van der Waals surface area contributed by atoms with Crippen LogP contribution in [0.4, 0.5) is 13.2 Å². The first kappa shape index (κ1) is 15.3. The molecular weight excluding hydrogens is 291 g/mol. The first-order valence-electron chi connectivity index (χ1n) is 6.21. The maximum atomic E-state index is 13.0. The Hall–Kier alpha value is -2.10. The lowest BCUT2D eigenvalue weighted by Gasteiger charge is -2.09. The fourth-order valence-electron chi connectivity index (χ4n) is 2.22. The minimum absolute atomic E-state index is 0.0209. The average Bonchev–Trinajstić information content (AvgIpc) is 2.80. The number of hydrogen-bond donors (Lipinski definition) is 1. The fourth-order valence-corrected chi connectivity index (χ4v) is 2.22. The highest BCUT2D eigenvalue weighted by Gasteiger charge is 2.38. The maximum absolute atomic E-state index is 13.0. The van der Waals surface area contributed by atoms with Crippen molar-refractivity contribution in [3.63, 3.8) is 0 Å². The van der Waals surface area contributed by atoms with Gasteiger partial charge in [-0.3, -0.25) is 13.9 Å². The summed E-state index contributed by atoms with van der Waals surface area (Å²) in [5.74, 6) is -1.20. The summed E-state index contributed by atoms with van der Waals surface area (Å²) >= 11 is 0. The Labute approximate surface area is 116 Å². The van der Waals surface area contributed by atoms with Crippen LogP contribution in [0.15, 0.2) is 9.59 Å². The van der Waals surface area contributed by atoms with Crippen LogP contribution >= 0.6 is 0 Å². The van der Waals surface area contributed by atoms with Crippen molar-refractivity contribution in [2.24, 2.45) is 12.8 Å². The molecule has 0 radical (unpaired) electrons. The van der Waals surface area contributed by atoms with Crippen molar-refractivity contribution in [3.8, 4) is 0 Å². The van der Waals surface area contributed by atoms with Gasteiger partial charge < -0.3 is 10.3 Å². The van der Waals surface area contributed by atoms with Gasteiger partial charge in [-0.2, -0.15) is 13.2 Å². The second-order valence-corrected chi connectivity index (χ2v) is 4.44. The zero-order chi connectivity index (χ0) is 15.9. The third-order valence-electron chi connectivity index (χ3n) is 3.15. The Balaban J connectivity index is 3.01. The molecule has 10 heteroatoms. The van der Waals surface area contributed by atoms with E-state index in [1.54, 1.807) is 0 Å². The molecule has 0 aliphatic rings. The van der Waals surface area contributed by atoms with Gasteiger partial charge in [0.05, 0.1) is 0 Å². The normalized spacial score (nSPS) is 12.3. The monoisotopic (exact) mass is 305 g/mol. The summed E-state index contributed by atoms with van der Waals surface area (Å²) in [6, 6.07) is 0. The van der Waals surface area contributed by atoms with E-state index in [-0.39, 0.29) is 30.8 Å². The van der Waals surface area contributed by atoms with Crippen molar-refractivity contribution < 1.29 is 13.2 Å². The van der Waals surface area contributed by atoms with E-state index in [2.05, 4.69) is 4.98 Å². The number of fused-ring (bicyclic) bond motifs is 1. The molecule has 2 heterocycles. The summed E-state index contributed by atoms with van der Waals surface area (Å²) in [5.41, 5.74) is 3.23. The molecule has 2 aromatic heterocycles. The quantitative estimate of drug-likeness (QED) is 0.857. The number of hydrogen-bond acceptors (Lipinski definition) is 4. The number of aromatic nitrogens is 4. The standard InChI is InChI=1S/C11H14F3N5O2/c1-3-18-6-7(16-9(18)11(12,13)14)17(2)10(21)19(5-4-15)8(6)20/h3-5,15H2,1-2H3. The van der Waals surface area contributed by atoms with Crippen LogP contribution in [0.25, 0.3) is 11.2 Å². The molecule has 0 atom stereocenters. The van der Waals surface area contributed by atoms with Crippen molar-refractivity contribution >= 4 is 11.2 Å². The van der Waals surface area contributed by atoms with E-state index in [0.29, 0.717) is 0 Å². The number of alkyl halides is 3. The van der Waals surface area contributed by atoms with Gasteiger partial charge >= 0.3 is 11.9 Å². The van der Waals surface area contributed by atoms with Crippen LogP contribution in [0.3, 0.4) is 0 Å². The zero-order valence-corrected chi connectivity index (χ0v) is 11.4.